The van der Waals surface area contributed by atoms with Crippen LogP contribution in [0.2, 0.25) is 0 Å². The first-order valence-corrected chi connectivity index (χ1v) is 7.14. The summed E-state index contributed by atoms with van der Waals surface area (Å²) in [6.07, 6.45) is 1.80. The van der Waals surface area contributed by atoms with Gasteiger partial charge >= 0.3 is 0 Å². The van der Waals surface area contributed by atoms with E-state index in [0.29, 0.717) is 30.2 Å². The molecule has 7 heteroatoms. The molecule has 0 aliphatic rings. The fourth-order valence-corrected chi connectivity index (χ4v) is 1.79. The summed E-state index contributed by atoms with van der Waals surface area (Å²) in [4.78, 5) is 24.9. The molecule has 116 valence electrons. The molecule has 0 radical (unpaired) electrons. The van der Waals surface area contributed by atoms with Crippen molar-refractivity contribution < 1.29 is 9.59 Å². The number of benzene rings is 1. The van der Waals surface area contributed by atoms with Crippen molar-refractivity contribution >= 4 is 34.8 Å². The monoisotopic (exact) mass is 320 g/mol. The highest BCUT2D eigenvalue weighted by atomic mass is 35.5. The molecular weight excluding hydrogens is 304 g/mol. The first kappa shape index (κ1) is 17.5. The molecule has 0 saturated heterocycles. The molecule has 6 nitrogen and oxygen atoms in total. The number of amides is 2. The average molecular weight is 321 g/mol. The summed E-state index contributed by atoms with van der Waals surface area (Å²) < 4.78 is 0. The lowest BCUT2D eigenvalue weighted by Gasteiger charge is -2.17. The van der Waals surface area contributed by atoms with Gasteiger partial charge < -0.3 is 11.1 Å². The maximum atomic E-state index is 11.9. The zero-order valence-corrected chi connectivity index (χ0v) is 12.9. The molecule has 0 saturated carbocycles. The first-order valence-electron chi connectivity index (χ1n) is 6.61. The third-order valence-corrected chi connectivity index (χ3v) is 2.97. The maximum absolute atomic E-state index is 11.9. The van der Waals surface area contributed by atoms with Crippen molar-refractivity contribution in [2.75, 3.05) is 23.1 Å². The third kappa shape index (κ3) is 5.11. The molecule has 0 bridgehead atoms. The molecule has 0 aromatic heterocycles. The number of nitrogen functional groups attached to an aromatic ring is 1. The van der Waals surface area contributed by atoms with Crippen molar-refractivity contribution in [3.05, 3.63) is 36.0 Å². The predicted molar refractivity (Wildman–Crippen MR) is 86.1 cm³/mol. The molecular formula is C15H17ClN4O2. The van der Waals surface area contributed by atoms with E-state index in [9.17, 15) is 9.59 Å². The molecule has 0 fully saturated rings. The highest BCUT2D eigenvalue weighted by Gasteiger charge is 2.15. The van der Waals surface area contributed by atoms with E-state index in [2.05, 4.69) is 5.32 Å². The van der Waals surface area contributed by atoms with Crippen molar-refractivity contribution in [2.45, 2.75) is 13.3 Å². The van der Waals surface area contributed by atoms with Crippen LogP contribution >= 0.6 is 11.6 Å². The minimum atomic E-state index is -0.553. The molecule has 0 unspecified atom stereocenters. The molecule has 0 spiro atoms. The van der Waals surface area contributed by atoms with E-state index >= 15 is 0 Å². The van der Waals surface area contributed by atoms with Crippen LogP contribution in [-0.4, -0.2) is 24.2 Å². The number of rotatable bonds is 6. The number of alkyl halides is 1. The van der Waals surface area contributed by atoms with Gasteiger partial charge in [0.15, 0.2) is 0 Å². The Morgan fingerprint density at radius 3 is 2.77 bits per heavy atom. The number of nitrogens with one attached hydrogen (secondary N) is 1. The first-order chi connectivity index (χ1) is 10.5. The van der Waals surface area contributed by atoms with Gasteiger partial charge in [-0.3, -0.25) is 14.5 Å². The molecule has 22 heavy (non-hydrogen) atoms. The fraction of sp³-hybridized carbons (Fsp3) is 0.267. The Morgan fingerprint density at radius 2 is 2.23 bits per heavy atom. The Hall–Kier alpha value is -2.52. The second-order valence-corrected chi connectivity index (χ2v) is 4.81. The van der Waals surface area contributed by atoms with E-state index < -0.39 is 5.91 Å². The molecule has 2 amide bonds. The van der Waals surface area contributed by atoms with Crippen LogP contribution < -0.4 is 16.0 Å². The second kappa shape index (κ2) is 8.70. The summed E-state index contributed by atoms with van der Waals surface area (Å²) in [6.45, 7) is 1.69. The van der Waals surface area contributed by atoms with Crippen LogP contribution in [0.15, 0.2) is 36.0 Å². The Labute approximate surface area is 134 Å². The van der Waals surface area contributed by atoms with Crippen LogP contribution in [0, 0.1) is 11.3 Å². The van der Waals surface area contributed by atoms with Crippen LogP contribution in [0.1, 0.15) is 13.3 Å². The highest BCUT2D eigenvalue weighted by Crippen LogP contribution is 2.19. The summed E-state index contributed by atoms with van der Waals surface area (Å²) in [7, 11) is 0. The standard InChI is InChI=1S/C15H17ClN4O2/c1-11(21)20(14-5-2-4-13(18)8-14)10-12(9-17)15(22)19-7-3-6-16/h2,4-5,8,10H,3,6-7,18H2,1H3,(H,19,22)/b12-10-. The normalized spacial score (nSPS) is 10.7. The van der Waals surface area contributed by atoms with Crippen LogP contribution in [-0.2, 0) is 9.59 Å². The summed E-state index contributed by atoms with van der Waals surface area (Å²) in [5.74, 6) is -0.482. The van der Waals surface area contributed by atoms with Gasteiger partial charge in [0.25, 0.3) is 5.91 Å². The molecule has 0 heterocycles. The van der Waals surface area contributed by atoms with E-state index in [4.69, 9.17) is 22.6 Å². The number of nitrogens with zero attached hydrogens (tertiary/aromatic N) is 2. The van der Waals surface area contributed by atoms with Gasteiger partial charge in [-0.15, -0.1) is 11.6 Å². The number of carbonyl (C=O) groups excluding carboxylic acids is 2. The summed E-state index contributed by atoms with van der Waals surface area (Å²) in [5.41, 5.74) is 6.47. The van der Waals surface area contributed by atoms with E-state index in [1.807, 2.05) is 0 Å². The van der Waals surface area contributed by atoms with E-state index in [1.165, 1.54) is 18.0 Å². The van der Waals surface area contributed by atoms with Crippen molar-refractivity contribution in [2.24, 2.45) is 0 Å². The maximum Gasteiger partial charge on any atom is 0.263 e. The predicted octanol–water partition coefficient (Wildman–Crippen LogP) is 1.77. The number of carbonyl (C=O) groups is 2. The van der Waals surface area contributed by atoms with Crippen molar-refractivity contribution in [1.29, 1.82) is 5.26 Å². The largest absolute Gasteiger partial charge is 0.399 e. The zero-order chi connectivity index (χ0) is 16.5. The smallest absolute Gasteiger partial charge is 0.263 e. The van der Waals surface area contributed by atoms with Gasteiger partial charge in [-0.1, -0.05) is 6.07 Å². The second-order valence-electron chi connectivity index (χ2n) is 4.44. The zero-order valence-electron chi connectivity index (χ0n) is 12.2. The number of hydrogen-bond acceptors (Lipinski definition) is 4. The number of nitriles is 1. The Kier molecular flexibility index (Phi) is 6.93. The van der Waals surface area contributed by atoms with E-state index in [1.54, 1.807) is 30.3 Å². The third-order valence-electron chi connectivity index (χ3n) is 2.71. The van der Waals surface area contributed by atoms with Gasteiger partial charge in [0, 0.05) is 31.2 Å². The van der Waals surface area contributed by atoms with Crippen molar-refractivity contribution in [1.82, 2.24) is 5.32 Å². The summed E-state index contributed by atoms with van der Waals surface area (Å²) in [5, 5.41) is 11.7. The quantitative estimate of drug-likeness (QED) is 0.274. The molecule has 1 aromatic carbocycles. The Morgan fingerprint density at radius 1 is 1.50 bits per heavy atom. The minimum absolute atomic E-state index is 0.174. The number of anilines is 2. The van der Waals surface area contributed by atoms with Crippen molar-refractivity contribution in [3.8, 4) is 6.07 Å². The van der Waals surface area contributed by atoms with Gasteiger partial charge in [0.1, 0.15) is 11.6 Å². The Bertz CT molecular complexity index is 622. The van der Waals surface area contributed by atoms with Crippen LogP contribution in [0.4, 0.5) is 11.4 Å². The average Bonchev–Trinajstić information content (AvgIpc) is 2.48. The molecule has 0 aliphatic carbocycles. The molecule has 1 rings (SSSR count). The van der Waals surface area contributed by atoms with Crippen LogP contribution in [0.3, 0.4) is 0 Å². The summed E-state index contributed by atoms with van der Waals surface area (Å²) in [6, 6.07) is 8.39. The summed E-state index contributed by atoms with van der Waals surface area (Å²) >= 11 is 5.52. The Balaban J connectivity index is 3.02. The lowest BCUT2D eigenvalue weighted by molar-refractivity contribution is -0.117. The van der Waals surface area contributed by atoms with E-state index in [-0.39, 0.29) is 11.5 Å². The number of halogens is 1. The van der Waals surface area contributed by atoms with Crippen LogP contribution in [0.25, 0.3) is 0 Å². The van der Waals surface area contributed by atoms with Gasteiger partial charge in [0.2, 0.25) is 5.91 Å². The van der Waals surface area contributed by atoms with Gasteiger partial charge in [-0.25, -0.2) is 0 Å². The lowest BCUT2D eigenvalue weighted by atomic mass is 10.2. The fourth-order valence-electron chi connectivity index (χ4n) is 1.65. The number of hydrogen-bond donors (Lipinski definition) is 2. The topological polar surface area (TPSA) is 99.2 Å². The molecule has 0 aliphatic heterocycles. The molecule has 0 atom stereocenters. The van der Waals surface area contributed by atoms with Crippen molar-refractivity contribution in [3.63, 3.8) is 0 Å². The highest BCUT2D eigenvalue weighted by molar-refractivity contribution is 6.17. The number of nitrogens with two attached hydrogens (primary N) is 1. The SMILES string of the molecule is CC(=O)N(/C=C(/C#N)C(=O)NCCCCl)c1cccc(N)c1. The van der Waals surface area contributed by atoms with Gasteiger partial charge in [-0.05, 0) is 24.6 Å². The van der Waals surface area contributed by atoms with Gasteiger partial charge in [0.05, 0.1) is 5.69 Å². The lowest BCUT2D eigenvalue weighted by Crippen LogP contribution is -2.29. The van der Waals surface area contributed by atoms with E-state index in [0.717, 1.165) is 0 Å². The minimum Gasteiger partial charge on any atom is -0.399 e. The molecule has 1 aromatic rings. The van der Waals surface area contributed by atoms with Crippen LogP contribution in [0.5, 0.6) is 0 Å². The van der Waals surface area contributed by atoms with Gasteiger partial charge in [-0.2, -0.15) is 5.26 Å². The molecule has 3 N–H and O–H groups in total.